The molecule has 0 unspecified atom stereocenters. The first-order chi connectivity index (χ1) is 9.10. The average molecular weight is 260 g/mol. The average Bonchev–Trinajstić information content (AvgIpc) is 2.40. The number of hydrogen-bond donors (Lipinski definition) is 3. The Balaban J connectivity index is 2.24. The van der Waals surface area contributed by atoms with E-state index in [1.54, 1.807) is 12.1 Å². The highest BCUT2D eigenvalue weighted by Gasteiger charge is 2.08. The first kappa shape index (κ1) is 12.8. The van der Waals surface area contributed by atoms with E-state index in [1.807, 2.05) is 0 Å². The number of aromatic nitrogens is 1. The van der Waals surface area contributed by atoms with Crippen molar-refractivity contribution in [2.45, 2.75) is 0 Å². The van der Waals surface area contributed by atoms with Gasteiger partial charge in [0.1, 0.15) is 5.82 Å². The molecule has 5 nitrogen and oxygen atoms in total. The summed E-state index contributed by atoms with van der Waals surface area (Å²) in [6.07, 6.45) is 1.40. The molecular formula is C13H13FN4O. The van der Waals surface area contributed by atoms with Gasteiger partial charge in [0.25, 0.3) is 5.91 Å². The maximum Gasteiger partial charge on any atom is 0.252 e. The molecule has 0 aliphatic heterocycles. The first-order valence-corrected chi connectivity index (χ1v) is 5.60. The van der Waals surface area contributed by atoms with E-state index < -0.39 is 0 Å². The number of halogens is 1. The summed E-state index contributed by atoms with van der Waals surface area (Å²) in [4.78, 5) is 15.5. The predicted octanol–water partition coefficient (Wildman–Crippen LogP) is 1.91. The Hall–Kier alpha value is -2.63. The Labute approximate surface area is 109 Å². The van der Waals surface area contributed by atoms with Crippen molar-refractivity contribution in [2.24, 2.45) is 0 Å². The van der Waals surface area contributed by atoms with Crippen molar-refractivity contribution in [3.8, 4) is 0 Å². The smallest absolute Gasteiger partial charge is 0.252 e. The van der Waals surface area contributed by atoms with Crippen molar-refractivity contribution in [3.63, 3.8) is 0 Å². The lowest BCUT2D eigenvalue weighted by Crippen LogP contribution is -2.18. The number of nitrogens with zero attached hydrogens (tertiary/aromatic N) is 1. The third-order valence-corrected chi connectivity index (χ3v) is 2.49. The lowest BCUT2D eigenvalue weighted by atomic mass is 10.2. The predicted molar refractivity (Wildman–Crippen MR) is 71.7 cm³/mol. The fourth-order valence-corrected chi connectivity index (χ4v) is 1.56. The highest BCUT2D eigenvalue weighted by molar-refractivity contribution is 5.95. The third-order valence-electron chi connectivity index (χ3n) is 2.49. The van der Waals surface area contributed by atoms with E-state index in [0.29, 0.717) is 22.8 Å². The van der Waals surface area contributed by atoms with Gasteiger partial charge in [-0.2, -0.15) is 0 Å². The molecule has 0 radical (unpaired) electrons. The Bertz CT molecular complexity index is 615. The number of amides is 1. The van der Waals surface area contributed by atoms with Crippen LogP contribution in [-0.4, -0.2) is 17.9 Å². The maximum atomic E-state index is 13.0. The van der Waals surface area contributed by atoms with Gasteiger partial charge in [-0.15, -0.1) is 0 Å². The second-order valence-corrected chi connectivity index (χ2v) is 3.88. The third kappa shape index (κ3) is 2.98. The number of carbonyl (C=O) groups excluding carboxylic acids is 1. The molecule has 0 atom stereocenters. The second-order valence-electron chi connectivity index (χ2n) is 3.88. The van der Waals surface area contributed by atoms with Crippen LogP contribution in [0.15, 0.2) is 36.5 Å². The number of nitrogens with two attached hydrogens (primary N) is 1. The quantitative estimate of drug-likeness (QED) is 0.787. The van der Waals surface area contributed by atoms with E-state index >= 15 is 0 Å². The molecule has 0 saturated carbocycles. The normalized spacial score (nSPS) is 10.0. The van der Waals surface area contributed by atoms with Gasteiger partial charge in [0.15, 0.2) is 5.82 Å². The maximum absolute atomic E-state index is 13.0. The van der Waals surface area contributed by atoms with Crippen LogP contribution in [0.3, 0.4) is 0 Å². The molecule has 19 heavy (non-hydrogen) atoms. The summed E-state index contributed by atoms with van der Waals surface area (Å²) in [5.41, 5.74) is 7.01. The van der Waals surface area contributed by atoms with Gasteiger partial charge in [-0.25, -0.2) is 9.37 Å². The molecule has 0 aliphatic rings. The molecule has 1 aromatic heterocycles. The summed E-state index contributed by atoms with van der Waals surface area (Å²) in [6, 6.07) is 7.45. The molecule has 2 rings (SSSR count). The van der Waals surface area contributed by atoms with Crippen molar-refractivity contribution >= 4 is 23.1 Å². The van der Waals surface area contributed by atoms with Crippen molar-refractivity contribution in [3.05, 3.63) is 47.9 Å². The lowest BCUT2D eigenvalue weighted by molar-refractivity contribution is 0.0963. The van der Waals surface area contributed by atoms with Crippen LogP contribution in [0.25, 0.3) is 0 Å². The summed E-state index contributed by atoms with van der Waals surface area (Å²) in [7, 11) is 1.53. The zero-order chi connectivity index (χ0) is 13.8. The molecule has 98 valence electrons. The minimum absolute atomic E-state index is 0.267. The van der Waals surface area contributed by atoms with Crippen LogP contribution in [0.2, 0.25) is 0 Å². The van der Waals surface area contributed by atoms with Crippen molar-refractivity contribution in [1.29, 1.82) is 0 Å². The van der Waals surface area contributed by atoms with Crippen LogP contribution in [0, 0.1) is 5.82 Å². The number of carbonyl (C=O) groups is 1. The molecule has 1 amide bonds. The summed E-state index contributed by atoms with van der Waals surface area (Å²) >= 11 is 0. The SMILES string of the molecule is CNC(=O)c1cnc(Nc2cccc(F)c2)c(N)c1. The van der Waals surface area contributed by atoms with Gasteiger partial charge in [-0.05, 0) is 24.3 Å². The van der Waals surface area contributed by atoms with Gasteiger partial charge in [-0.3, -0.25) is 4.79 Å². The van der Waals surface area contributed by atoms with Crippen molar-refractivity contribution in [1.82, 2.24) is 10.3 Å². The van der Waals surface area contributed by atoms with Crippen LogP contribution in [0.1, 0.15) is 10.4 Å². The molecule has 2 aromatic rings. The molecule has 1 aromatic carbocycles. The van der Waals surface area contributed by atoms with Crippen LogP contribution in [-0.2, 0) is 0 Å². The summed E-state index contributed by atoms with van der Waals surface area (Å²) < 4.78 is 13.0. The molecule has 4 N–H and O–H groups in total. The van der Waals surface area contributed by atoms with Gasteiger partial charge in [-0.1, -0.05) is 6.07 Å². The van der Waals surface area contributed by atoms with E-state index in [1.165, 1.54) is 31.4 Å². The number of anilines is 3. The fourth-order valence-electron chi connectivity index (χ4n) is 1.56. The first-order valence-electron chi connectivity index (χ1n) is 5.60. The number of pyridine rings is 1. The van der Waals surface area contributed by atoms with E-state index in [-0.39, 0.29) is 11.7 Å². The standard InChI is InChI=1S/C13H13FN4O/c1-16-13(19)8-5-11(15)12(17-7-8)18-10-4-2-3-9(14)6-10/h2-7H,15H2,1H3,(H,16,19)(H,17,18). The number of hydrogen-bond acceptors (Lipinski definition) is 4. The Morgan fingerprint density at radius 1 is 1.37 bits per heavy atom. The number of benzene rings is 1. The van der Waals surface area contributed by atoms with E-state index in [4.69, 9.17) is 5.73 Å². The molecule has 0 spiro atoms. The monoisotopic (exact) mass is 260 g/mol. The number of nitrogens with one attached hydrogen (secondary N) is 2. The fraction of sp³-hybridized carbons (Fsp3) is 0.0769. The molecule has 0 saturated heterocycles. The molecule has 6 heteroatoms. The highest BCUT2D eigenvalue weighted by Crippen LogP contribution is 2.21. The minimum atomic E-state index is -0.356. The molecule has 0 fully saturated rings. The molecular weight excluding hydrogens is 247 g/mol. The Morgan fingerprint density at radius 3 is 2.79 bits per heavy atom. The van der Waals surface area contributed by atoms with Gasteiger partial charge in [0.05, 0.1) is 11.3 Å². The summed E-state index contributed by atoms with van der Waals surface area (Å²) in [5.74, 6) is -0.250. The largest absolute Gasteiger partial charge is 0.396 e. The van der Waals surface area contributed by atoms with Crippen LogP contribution in [0.4, 0.5) is 21.6 Å². The van der Waals surface area contributed by atoms with Crippen LogP contribution >= 0.6 is 0 Å². The lowest BCUT2D eigenvalue weighted by Gasteiger charge is -2.09. The zero-order valence-electron chi connectivity index (χ0n) is 10.3. The summed E-state index contributed by atoms with van der Waals surface area (Å²) in [5, 5.41) is 5.37. The molecule has 1 heterocycles. The van der Waals surface area contributed by atoms with Crippen molar-refractivity contribution < 1.29 is 9.18 Å². The van der Waals surface area contributed by atoms with Gasteiger partial charge >= 0.3 is 0 Å². The summed E-state index contributed by atoms with van der Waals surface area (Å²) in [6.45, 7) is 0. The number of nitrogen functional groups attached to an aromatic ring is 1. The van der Waals surface area contributed by atoms with Gasteiger partial charge < -0.3 is 16.4 Å². The Kier molecular flexibility index (Phi) is 3.61. The van der Waals surface area contributed by atoms with Gasteiger partial charge in [0.2, 0.25) is 0 Å². The topological polar surface area (TPSA) is 80.0 Å². The van der Waals surface area contributed by atoms with Crippen molar-refractivity contribution in [2.75, 3.05) is 18.1 Å². The van der Waals surface area contributed by atoms with E-state index in [0.717, 1.165) is 0 Å². The van der Waals surface area contributed by atoms with E-state index in [2.05, 4.69) is 15.6 Å². The number of rotatable bonds is 3. The minimum Gasteiger partial charge on any atom is -0.396 e. The molecule has 0 aliphatic carbocycles. The van der Waals surface area contributed by atoms with Crippen LogP contribution in [0.5, 0.6) is 0 Å². The molecule has 0 bridgehead atoms. The van der Waals surface area contributed by atoms with Crippen LogP contribution < -0.4 is 16.4 Å². The highest BCUT2D eigenvalue weighted by atomic mass is 19.1. The van der Waals surface area contributed by atoms with E-state index in [9.17, 15) is 9.18 Å². The second kappa shape index (κ2) is 5.34. The zero-order valence-corrected chi connectivity index (χ0v) is 10.3. The Morgan fingerprint density at radius 2 is 2.16 bits per heavy atom. The van der Waals surface area contributed by atoms with Gasteiger partial charge in [0, 0.05) is 18.9 Å².